The second-order valence-corrected chi connectivity index (χ2v) is 40.8. The number of hydrogen-bond acceptors (Lipinski definition) is 22. The Labute approximate surface area is 729 Å². The smallest absolute Gasteiger partial charge is 0.236 e. The average Bonchev–Trinajstić information content (AvgIpc) is 1.57. The molecule has 27 aromatic rings. The number of oxazole rings is 6. The van der Waals surface area contributed by atoms with Crippen molar-refractivity contribution in [1.82, 2.24) is 29.9 Å². The van der Waals surface area contributed by atoms with E-state index in [1.54, 1.807) is 138 Å². The zero-order chi connectivity index (χ0) is 79.5. The Morgan fingerprint density at radius 1 is 0.172 bits per heavy atom. The van der Waals surface area contributed by atoms with Crippen molar-refractivity contribution in [2.75, 3.05) is 0 Å². The van der Waals surface area contributed by atoms with E-state index in [4.69, 9.17) is 56.4 Å². The van der Waals surface area contributed by atoms with Crippen LogP contribution in [-0.4, -0.2) is 29.9 Å². The molecule has 122 heavy (non-hydrogen) atoms. The van der Waals surface area contributed by atoms with Crippen LogP contribution in [0.4, 0.5) is 0 Å². The molecule has 0 aliphatic heterocycles. The normalized spacial score (nSPS) is 12.3. The first-order chi connectivity index (χ1) is 60.2. The van der Waals surface area contributed by atoms with Gasteiger partial charge in [0.25, 0.3) is 0 Å². The lowest BCUT2D eigenvalue weighted by Gasteiger charge is -2.06. The number of aromatic nitrogens is 6. The van der Waals surface area contributed by atoms with Crippen molar-refractivity contribution in [3.05, 3.63) is 292 Å². The summed E-state index contributed by atoms with van der Waals surface area (Å²) in [7, 11) is 0. The number of hydrogen-bond donors (Lipinski definition) is 0. The molecule has 0 fully saturated rings. The summed E-state index contributed by atoms with van der Waals surface area (Å²) in [5, 5.41) is 13.4. The Morgan fingerprint density at radius 3 is 0.770 bits per heavy atom. The van der Waals surface area contributed by atoms with Crippen LogP contribution in [0.25, 0.3) is 274 Å². The summed E-state index contributed by atoms with van der Waals surface area (Å²) in [4.78, 5) is 39.9. The predicted molar refractivity (Wildman–Crippen MR) is 512 cm³/mol. The van der Waals surface area contributed by atoms with Crippen LogP contribution in [-0.2, 0) is 0 Å². The second kappa shape index (κ2) is 27.2. The van der Waals surface area contributed by atoms with Crippen LogP contribution in [0.1, 0.15) is 0 Å². The van der Waals surface area contributed by atoms with Crippen molar-refractivity contribution in [2.45, 2.75) is 0 Å². The lowest BCUT2D eigenvalue weighted by Crippen LogP contribution is -1.85. The Hall–Kier alpha value is -13.2. The summed E-state index contributed by atoms with van der Waals surface area (Å²) in [6.45, 7) is 0. The Kier molecular flexibility index (Phi) is 15.5. The number of fused-ring (bicyclic) bond motifs is 14. The first kappa shape index (κ1) is 69.6. The van der Waals surface area contributed by atoms with E-state index >= 15 is 0 Å². The zero-order valence-electron chi connectivity index (χ0n) is 62.9. The summed E-state index contributed by atoms with van der Waals surface area (Å²) in [5.74, 6) is 3.32. The predicted octanol–water partition coefficient (Wildman–Crippen LogP) is 33.4. The lowest BCUT2D eigenvalue weighted by atomic mass is 9.98. The van der Waals surface area contributed by atoms with Gasteiger partial charge in [0.2, 0.25) is 35.3 Å². The molecule has 0 radical (unpaired) electrons. The van der Waals surface area contributed by atoms with Gasteiger partial charge in [0.15, 0.2) is 0 Å². The van der Waals surface area contributed by atoms with Gasteiger partial charge in [-0.2, -0.15) is 0 Å². The summed E-state index contributed by atoms with van der Waals surface area (Å²) >= 11 is 17.1. The summed E-state index contributed by atoms with van der Waals surface area (Å²) in [6.07, 6.45) is 10.8. The van der Waals surface area contributed by atoms with E-state index in [0.717, 1.165) is 188 Å². The van der Waals surface area contributed by atoms with Gasteiger partial charge in [-0.15, -0.1) is 113 Å². The van der Waals surface area contributed by atoms with Crippen LogP contribution in [0.15, 0.2) is 319 Å². The molecule has 22 heteroatoms. The topological polar surface area (TPSA) is 156 Å². The average molecular weight is 1750 g/mol. The maximum Gasteiger partial charge on any atom is 0.236 e. The summed E-state index contributed by atoms with van der Waals surface area (Å²) in [5.41, 5.74) is 11.9. The van der Waals surface area contributed by atoms with Crippen LogP contribution in [0, 0.1) is 0 Å². The van der Waals surface area contributed by atoms with Gasteiger partial charge in [0.05, 0.1) is 29.3 Å². The van der Waals surface area contributed by atoms with Crippen molar-refractivity contribution in [2.24, 2.45) is 0 Å². The fourth-order valence-corrected chi connectivity index (χ4v) is 27.5. The van der Waals surface area contributed by atoms with Crippen LogP contribution in [0.3, 0.4) is 0 Å². The van der Waals surface area contributed by atoms with E-state index in [2.05, 4.69) is 255 Å². The van der Waals surface area contributed by atoms with E-state index in [9.17, 15) is 0 Å². The first-order valence-electron chi connectivity index (χ1n) is 39.0. The van der Waals surface area contributed by atoms with E-state index in [-0.39, 0.29) is 0 Å². The highest BCUT2D eigenvalue weighted by Crippen LogP contribution is 2.54. The molecular formula is C100H48N6O6S10. The molecule has 574 valence electrons. The van der Waals surface area contributed by atoms with E-state index in [1.165, 1.54) is 33.6 Å². The largest absolute Gasteiger partial charge is 0.444 e. The molecule has 0 saturated carbocycles. The number of thiophene rings is 10. The molecule has 11 aromatic carbocycles. The minimum Gasteiger partial charge on any atom is -0.444 e. The zero-order valence-corrected chi connectivity index (χ0v) is 71.1. The molecule has 16 heterocycles. The van der Waals surface area contributed by atoms with Crippen LogP contribution in [0.2, 0.25) is 0 Å². The second-order valence-electron chi connectivity index (χ2n) is 30.1. The molecule has 27 rings (SSSR count). The minimum atomic E-state index is 0.501. The lowest BCUT2D eigenvalue weighted by molar-refractivity contribution is 0.575. The third-order valence-electron chi connectivity index (χ3n) is 22.6. The van der Waals surface area contributed by atoms with Gasteiger partial charge in [0, 0.05) is 121 Å². The third-order valence-corrected chi connectivity index (χ3v) is 34.1. The van der Waals surface area contributed by atoms with Gasteiger partial charge < -0.3 is 26.5 Å². The quantitative estimate of drug-likeness (QED) is 0.102. The highest BCUT2D eigenvalue weighted by molar-refractivity contribution is 7.28. The standard InChI is InChI=1S/C100H48N6O6S10/c1-7-19-75-49(13-1)33-85(113-75)74-48-107-95(106-74)60-31-64-63-28-57(30-67(72-46-111-99(104-72)89-37-53-17-5-11-23-79(53)117-89)93(63)122-94(64)68(32-60)73-47-112-100(105-73)90-38-54-18-6-12-24-80(54)118-90)82-40-59-42-83-58(41-84(59)120-82)39-81(119-83)56-27-62-61-25-55(69-43-108-96(101-69)86-34-50-14-2-8-20-76(50)114-86)26-65(70-44-109-97(102-70)87-35-51-15-3-9-21-77(51)115-87)91(61)121-92(62)66(29-56)71-45-110-98(103-71)88-36-52-16-4-10-22-78(52)116-88/h1-48H. The third kappa shape index (κ3) is 11.5. The number of nitrogens with zero attached hydrogens (tertiary/aromatic N) is 6. The molecule has 0 unspecified atom stereocenters. The van der Waals surface area contributed by atoms with E-state index in [0.29, 0.717) is 52.4 Å². The maximum atomic E-state index is 6.55. The van der Waals surface area contributed by atoms with Gasteiger partial charge in [-0.05, 0) is 200 Å². The van der Waals surface area contributed by atoms with Crippen molar-refractivity contribution in [1.29, 1.82) is 0 Å². The Balaban J connectivity index is 0.619. The SMILES string of the molecule is c1ccc2sc(-c3coc(-c4cc(-c5coc(-c6cc7ccccc7s6)n5)c5sc6c(-c7coc(-c8cc9ccccc9s8)n7)cc(-c7cc8cc9sc(-c%10cc(-c%11coc(-c%12cc%13ccccc%13s%12)n%11)c%11sc%12c(-c%13coc(-c%14cc%15ccccc%15s%14)n%13)cc(-c%13coc(-c%14cc%15ccccc%15s%14)n%13)cc%12c%11c%10)cc9cc8s7)cc6c5c4)n3)cc2c1. The molecule has 0 aliphatic rings. The molecule has 0 N–H and O–H groups in total. The van der Waals surface area contributed by atoms with Gasteiger partial charge in [-0.25, -0.2) is 29.9 Å². The van der Waals surface area contributed by atoms with E-state index in [1.807, 2.05) is 12.5 Å². The van der Waals surface area contributed by atoms with Crippen LogP contribution < -0.4 is 0 Å². The molecular weight excluding hydrogens is 1700 g/mol. The van der Waals surface area contributed by atoms with Gasteiger partial charge in [-0.3, -0.25) is 0 Å². The monoisotopic (exact) mass is 1750 g/mol. The Morgan fingerprint density at radius 2 is 0.418 bits per heavy atom. The highest BCUT2D eigenvalue weighted by Gasteiger charge is 2.29. The van der Waals surface area contributed by atoms with E-state index < -0.39 is 0 Å². The van der Waals surface area contributed by atoms with Gasteiger partial charge >= 0.3 is 0 Å². The van der Waals surface area contributed by atoms with Crippen molar-refractivity contribution in [3.63, 3.8) is 0 Å². The van der Waals surface area contributed by atoms with Crippen LogP contribution in [0.5, 0.6) is 0 Å². The van der Waals surface area contributed by atoms with Crippen molar-refractivity contribution >= 4 is 234 Å². The molecule has 0 spiro atoms. The van der Waals surface area contributed by atoms with Gasteiger partial charge in [-0.1, -0.05) is 109 Å². The molecule has 12 nitrogen and oxygen atoms in total. The summed E-state index contributed by atoms with van der Waals surface area (Å²) in [6, 6.07) is 91.0. The summed E-state index contributed by atoms with van der Waals surface area (Å²) < 4.78 is 52.6. The highest BCUT2D eigenvalue weighted by atomic mass is 32.1. The molecule has 0 aliphatic carbocycles. The van der Waals surface area contributed by atoms with Crippen molar-refractivity contribution in [3.8, 4) is 153 Å². The maximum absolute atomic E-state index is 6.55. The molecule has 0 bridgehead atoms. The number of rotatable bonds is 14. The first-order valence-corrected chi connectivity index (χ1v) is 47.2. The van der Waals surface area contributed by atoms with Crippen molar-refractivity contribution < 1.29 is 26.5 Å². The van der Waals surface area contributed by atoms with Crippen LogP contribution >= 0.6 is 113 Å². The fourth-order valence-electron chi connectivity index (χ4n) is 16.8. The molecule has 0 saturated heterocycles. The fraction of sp³-hybridized carbons (Fsp3) is 0. The molecule has 0 amide bonds. The molecule has 0 atom stereocenters. The minimum absolute atomic E-state index is 0.501. The van der Waals surface area contributed by atoms with Gasteiger partial charge in [0.1, 0.15) is 71.7 Å². The number of benzene rings is 11. The Bertz CT molecular complexity index is 8250. The molecule has 16 aromatic heterocycles.